The number of hydrogen-bond acceptors (Lipinski definition) is 1. The molecule has 1 aliphatic carbocycles. The summed E-state index contributed by atoms with van der Waals surface area (Å²) in [7, 11) is 0. The quantitative estimate of drug-likeness (QED) is 0.707. The summed E-state index contributed by atoms with van der Waals surface area (Å²) in [6.45, 7) is 4.25. The Bertz CT molecular complexity index is 889. The molecule has 4 rings (SSSR count). The van der Waals surface area contributed by atoms with E-state index in [-0.39, 0.29) is 6.04 Å². The van der Waals surface area contributed by atoms with E-state index in [0.717, 1.165) is 12.8 Å². The summed E-state index contributed by atoms with van der Waals surface area (Å²) in [6.07, 6.45) is 5.67. The van der Waals surface area contributed by atoms with Crippen LogP contribution in [0.25, 0.3) is 6.08 Å². The predicted molar refractivity (Wildman–Crippen MR) is 113 cm³/mol. The third kappa shape index (κ3) is 3.45. The standard InChI is InChI=1S/C23H24N2S/c1-15-6-10-17(11-7-15)14-19-4-3-5-20-21(24-23(26)25-22(19)20)18-12-8-16(2)9-13-18/h6-14,21H,3-5H2,1-2H3,(H2,24,25,26)/b19-14-. The van der Waals surface area contributed by atoms with E-state index in [4.69, 9.17) is 12.2 Å². The third-order valence-corrected chi connectivity index (χ3v) is 5.45. The molecule has 0 amide bonds. The monoisotopic (exact) mass is 360 g/mol. The molecule has 0 radical (unpaired) electrons. The fourth-order valence-electron chi connectivity index (χ4n) is 3.79. The smallest absolute Gasteiger partial charge is 0.171 e. The van der Waals surface area contributed by atoms with Crippen molar-refractivity contribution in [3.8, 4) is 0 Å². The largest absolute Gasteiger partial charge is 0.352 e. The third-order valence-electron chi connectivity index (χ3n) is 5.23. The molecule has 0 saturated carbocycles. The van der Waals surface area contributed by atoms with Crippen LogP contribution in [0, 0.1) is 13.8 Å². The van der Waals surface area contributed by atoms with Crippen LogP contribution in [0.3, 0.4) is 0 Å². The van der Waals surface area contributed by atoms with Gasteiger partial charge in [0.2, 0.25) is 0 Å². The Morgan fingerprint density at radius 3 is 2.27 bits per heavy atom. The number of rotatable bonds is 2. The zero-order chi connectivity index (χ0) is 18.1. The summed E-state index contributed by atoms with van der Waals surface area (Å²) in [5.41, 5.74) is 9.11. The van der Waals surface area contributed by atoms with Crippen molar-refractivity contribution in [1.29, 1.82) is 0 Å². The minimum atomic E-state index is 0.168. The van der Waals surface area contributed by atoms with Gasteiger partial charge in [-0.15, -0.1) is 0 Å². The molecule has 132 valence electrons. The predicted octanol–water partition coefficient (Wildman–Crippen LogP) is 5.34. The van der Waals surface area contributed by atoms with Crippen molar-refractivity contribution in [2.75, 3.05) is 0 Å². The van der Waals surface area contributed by atoms with Gasteiger partial charge in [-0.05, 0) is 73.7 Å². The highest BCUT2D eigenvalue weighted by atomic mass is 32.1. The minimum Gasteiger partial charge on any atom is -0.352 e. The first-order chi connectivity index (χ1) is 12.6. The summed E-state index contributed by atoms with van der Waals surface area (Å²) in [4.78, 5) is 0. The molecular weight excluding hydrogens is 336 g/mol. The van der Waals surface area contributed by atoms with Gasteiger partial charge in [0, 0.05) is 5.70 Å². The molecule has 0 saturated heterocycles. The van der Waals surface area contributed by atoms with Crippen LogP contribution < -0.4 is 10.6 Å². The highest BCUT2D eigenvalue weighted by Crippen LogP contribution is 2.38. The van der Waals surface area contributed by atoms with Gasteiger partial charge in [-0.25, -0.2) is 0 Å². The summed E-state index contributed by atoms with van der Waals surface area (Å²) >= 11 is 5.53. The fourth-order valence-corrected chi connectivity index (χ4v) is 4.01. The fraction of sp³-hybridized carbons (Fsp3) is 0.261. The van der Waals surface area contributed by atoms with E-state index in [1.807, 2.05) is 0 Å². The van der Waals surface area contributed by atoms with Gasteiger partial charge < -0.3 is 10.6 Å². The van der Waals surface area contributed by atoms with Gasteiger partial charge in [0.15, 0.2) is 5.11 Å². The molecule has 1 heterocycles. The highest BCUT2D eigenvalue weighted by molar-refractivity contribution is 7.80. The number of thiocarbonyl (C=S) groups is 1. The topological polar surface area (TPSA) is 24.1 Å². The van der Waals surface area contributed by atoms with Crippen molar-refractivity contribution in [2.45, 2.75) is 39.2 Å². The number of aryl methyl sites for hydroxylation is 2. The van der Waals surface area contributed by atoms with E-state index in [1.165, 1.54) is 45.5 Å². The van der Waals surface area contributed by atoms with Crippen LogP contribution in [0.15, 0.2) is 65.4 Å². The Morgan fingerprint density at radius 2 is 1.58 bits per heavy atom. The molecule has 2 aromatic rings. The number of nitrogens with one attached hydrogen (secondary N) is 2. The van der Waals surface area contributed by atoms with E-state index in [2.05, 4.69) is 79.1 Å². The average molecular weight is 361 g/mol. The zero-order valence-corrected chi connectivity index (χ0v) is 16.1. The van der Waals surface area contributed by atoms with Crippen molar-refractivity contribution in [1.82, 2.24) is 10.6 Å². The van der Waals surface area contributed by atoms with Crippen LogP contribution in [-0.4, -0.2) is 5.11 Å². The molecule has 0 aromatic heterocycles. The molecule has 1 atom stereocenters. The summed E-state index contributed by atoms with van der Waals surface area (Å²) in [5.74, 6) is 0. The number of hydrogen-bond donors (Lipinski definition) is 2. The lowest BCUT2D eigenvalue weighted by Gasteiger charge is -2.36. The molecular formula is C23H24N2S. The Labute approximate surface area is 161 Å². The molecule has 2 aromatic carbocycles. The number of benzene rings is 2. The second-order valence-corrected chi connectivity index (χ2v) is 7.68. The highest BCUT2D eigenvalue weighted by Gasteiger charge is 2.30. The number of allylic oxidation sites excluding steroid dienone is 1. The van der Waals surface area contributed by atoms with Crippen molar-refractivity contribution < 1.29 is 0 Å². The Morgan fingerprint density at radius 1 is 0.923 bits per heavy atom. The second-order valence-electron chi connectivity index (χ2n) is 7.28. The first-order valence-electron chi connectivity index (χ1n) is 9.25. The molecule has 3 heteroatoms. The Hall–Kier alpha value is -2.39. The van der Waals surface area contributed by atoms with E-state index in [1.54, 1.807) is 0 Å². The molecule has 0 fully saturated rings. The van der Waals surface area contributed by atoms with Crippen molar-refractivity contribution in [3.05, 3.63) is 87.6 Å². The molecule has 1 aliphatic heterocycles. The summed E-state index contributed by atoms with van der Waals surface area (Å²) < 4.78 is 0. The van der Waals surface area contributed by atoms with Crippen LogP contribution in [0.2, 0.25) is 0 Å². The molecule has 1 unspecified atom stereocenters. The molecule has 2 nitrogen and oxygen atoms in total. The Balaban J connectivity index is 1.75. The van der Waals surface area contributed by atoms with Gasteiger partial charge in [-0.2, -0.15) is 0 Å². The Kier molecular flexibility index (Phi) is 4.64. The van der Waals surface area contributed by atoms with Crippen molar-refractivity contribution >= 4 is 23.4 Å². The molecule has 26 heavy (non-hydrogen) atoms. The van der Waals surface area contributed by atoms with Gasteiger partial charge >= 0.3 is 0 Å². The summed E-state index contributed by atoms with van der Waals surface area (Å²) in [5, 5.41) is 7.64. The van der Waals surface area contributed by atoms with Gasteiger partial charge in [-0.3, -0.25) is 0 Å². The van der Waals surface area contributed by atoms with E-state index < -0.39 is 0 Å². The van der Waals surface area contributed by atoms with Gasteiger partial charge in [0.05, 0.1) is 6.04 Å². The van der Waals surface area contributed by atoms with Crippen molar-refractivity contribution in [3.63, 3.8) is 0 Å². The van der Waals surface area contributed by atoms with Crippen LogP contribution in [0.4, 0.5) is 0 Å². The SMILES string of the molecule is Cc1ccc(/C=C2/CCCC3=C2NC(=S)NC3c2ccc(C)cc2)cc1. The molecule has 0 spiro atoms. The molecule has 0 bridgehead atoms. The van der Waals surface area contributed by atoms with Gasteiger partial charge in [0.25, 0.3) is 0 Å². The lowest BCUT2D eigenvalue weighted by Crippen LogP contribution is -2.45. The second kappa shape index (κ2) is 7.08. The van der Waals surface area contributed by atoms with Crippen LogP contribution in [0.1, 0.15) is 47.6 Å². The van der Waals surface area contributed by atoms with Crippen LogP contribution in [-0.2, 0) is 0 Å². The maximum absolute atomic E-state index is 5.53. The first-order valence-corrected chi connectivity index (χ1v) is 9.66. The average Bonchev–Trinajstić information content (AvgIpc) is 2.64. The van der Waals surface area contributed by atoms with E-state index >= 15 is 0 Å². The van der Waals surface area contributed by atoms with Crippen LogP contribution >= 0.6 is 12.2 Å². The van der Waals surface area contributed by atoms with Crippen LogP contribution in [0.5, 0.6) is 0 Å². The summed E-state index contributed by atoms with van der Waals surface area (Å²) in [6, 6.07) is 17.7. The molecule has 2 N–H and O–H groups in total. The minimum absolute atomic E-state index is 0.168. The maximum atomic E-state index is 5.53. The zero-order valence-electron chi connectivity index (χ0n) is 15.3. The first kappa shape index (κ1) is 17.0. The van der Waals surface area contributed by atoms with Gasteiger partial charge in [0.1, 0.15) is 0 Å². The molecule has 2 aliphatic rings. The normalized spacial score (nSPS) is 21.2. The van der Waals surface area contributed by atoms with Crippen molar-refractivity contribution in [2.24, 2.45) is 0 Å². The lowest BCUT2D eigenvalue weighted by atomic mass is 9.83. The van der Waals surface area contributed by atoms with Gasteiger partial charge in [-0.1, -0.05) is 59.7 Å². The lowest BCUT2D eigenvalue weighted by molar-refractivity contribution is 0.609. The maximum Gasteiger partial charge on any atom is 0.171 e. The van der Waals surface area contributed by atoms with E-state index in [9.17, 15) is 0 Å². The van der Waals surface area contributed by atoms with E-state index in [0.29, 0.717) is 5.11 Å².